The van der Waals surface area contributed by atoms with E-state index >= 15 is 0 Å². The number of aliphatic hydroxyl groups excluding tert-OH is 3. The van der Waals surface area contributed by atoms with Crippen LogP contribution in [-0.2, 0) is 9.53 Å². The first-order chi connectivity index (χ1) is 14.2. The molecule has 0 atom stereocenters. The lowest BCUT2D eigenvalue weighted by atomic mass is 9.88. The van der Waals surface area contributed by atoms with Gasteiger partial charge < -0.3 is 25.2 Å². The molecule has 1 aromatic carbocycles. The maximum Gasteiger partial charge on any atom is 0.346 e. The number of carboxylic acid groups (broad SMARTS) is 1. The molecular formula is C22H34O8. The second-order valence-corrected chi connectivity index (χ2v) is 7.58. The van der Waals surface area contributed by atoms with E-state index in [-0.39, 0.29) is 19.8 Å². The van der Waals surface area contributed by atoms with Gasteiger partial charge in [-0.3, -0.25) is 4.79 Å². The molecule has 0 radical (unpaired) electrons. The van der Waals surface area contributed by atoms with Gasteiger partial charge in [-0.25, -0.2) is 9.59 Å². The van der Waals surface area contributed by atoms with E-state index in [9.17, 15) is 14.4 Å². The van der Waals surface area contributed by atoms with Crippen molar-refractivity contribution in [3.05, 3.63) is 35.4 Å². The lowest BCUT2D eigenvalue weighted by Gasteiger charge is -2.24. The van der Waals surface area contributed by atoms with Crippen molar-refractivity contribution in [3.63, 3.8) is 0 Å². The van der Waals surface area contributed by atoms with Crippen molar-refractivity contribution in [1.82, 2.24) is 0 Å². The van der Waals surface area contributed by atoms with Crippen molar-refractivity contribution in [3.8, 4) is 0 Å². The number of ether oxygens (including phenoxy) is 1. The largest absolute Gasteiger partial charge is 0.481 e. The highest BCUT2D eigenvalue weighted by Crippen LogP contribution is 2.19. The molecule has 8 nitrogen and oxygen atoms in total. The molecule has 0 saturated carbocycles. The van der Waals surface area contributed by atoms with Gasteiger partial charge in [-0.2, -0.15) is 0 Å². The predicted molar refractivity (Wildman–Crippen MR) is 111 cm³/mol. The summed E-state index contributed by atoms with van der Waals surface area (Å²) in [5, 5.41) is 34.2. The molecule has 1 aliphatic heterocycles. The van der Waals surface area contributed by atoms with Crippen molar-refractivity contribution in [2.45, 2.75) is 52.9 Å². The molecular weight excluding hydrogens is 392 g/mol. The average molecular weight is 427 g/mol. The molecule has 1 heterocycles. The summed E-state index contributed by atoms with van der Waals surface area (Å²) in [6.45, 7) is 5.66. The molecule has 0 aromatic heterocycles. The lowest BCUT2D eigenvalue weighted by molar-refractivity contribution is -0.137. The molecule has 0 fully saturated rings. The first kappa shape index (κ1) is 27.7. The van der Waals surface area contributed by atoms with Crippen molar-refractivity contribution in [2.24, 2.45) is 11.3 Å². The Morgan fingerprint density at radius 2 is 1.43 bits per heavy atom. The number of rotatable bonds is 9. The number of carboxylic acids is 1. The predicted octanol–water partition coefficient (Wildman–Crippen LogP) is 2.64. The fraction of sp³-hybridized carbons (Fsp3) is 0.591. The van der Waals surface area contributed by atoms with Crippen molar-refractivity contribution < 1.29 is 39.5 Å². The van der Waals surface area contributed by atoms with Crippen LogP contribution < -0.4 is 0 Å². The van der Waals surface area contributed by atoms with E-state index in [0.29, 0.717) is 29.9 Å². The minimum absolute atomic E-state index is 0.156. The molecule has 1 aliphatic rings. The Balaban J connectivity index is 0.000000424. The highest BCUT2D eigenvalue weighted by molar-refractivity contribution is 6.14. The Bertz CT molecular complexity index is 614. The fourth-order valence-corrected chi connectivity index (χ4v) is 2.35. The van der Waals surface area contributed by atoms with Gasteiger partial charge in [0.05, 0.1) is 30.9 Å². The normalized spacial score (nSPS) is 12.4. The van der Waals surface area contributed by atoms with Crippen LogP contribution in [0.1, 0.15) is 73.6 Å². The number of carbonyl (C=O) groups is 3. The summed E-state index contributed by atoms with van der Waals surface area (Å²) in [7, 11) is 0. The zero-order chi connectivity index (χ0) is 23.2. The quantitative estimate of drug-likeness (QED) is 0.268. The number of aliphatic carboxylic acids is 1. The summed E-state index contributed by atoms with van der Waals surface area (Å²) < 4.78 is 4.35. The Morgan fingerprint density at radius 1 is 0.967 bits per heavy atom. The van der Waals surface area contributed by atoms with Crippen LogP contribution in [-0.4, -0.2) is 58.2 Å². The van der Waals surface area contributed by atoms with Gasteiger partial charge in [0.1, 0.15) is 0 Å². The van der Waals surface area contributed by atoms with Crippen LogP contribution in [0.15, 0.2) is 24.3 Å². The summed E-state index contributed by atoms with van der Waals surface area (Å²) in [4.78, 5) is 31.7. The smallest absolute Gasteiger partial charge is 0.346 e. The highest BCUT2D eigenvalue weighted by Gasteiger charge is 2.28. The van der Waals surface area contributed by atoms with E-state index in [4.69, 9.17) is 20.4 Å². The zero-order valence-corrected chi connectivity index (χ0v) is 18.0. The van der Waals surface area contributed by atoms with Crippen LogP contribution in [0.4, 0.5) is 0 Å². The molecule has 170 valence electrons. The Morgan fingerprint density at radius 3 is 1.73 bits per heavy atom. The molecule has 8 heteroatoms. The number of hydrogen-bond acceptors (Lipinski definition) is 7. The van der Waals surface area contributed by atoms with E-state index in [0.717, 1.165) is 19.3 Å². The van der Waals surface area contributed by atoms with E-state index in [1.165, 1.54) is 0 Å². The second kappa shape index (κ2) is 14.7. The number of hydrogen-bond donors (Lipinski definition) is 4. The monoisotopic (exact) mass is 426 g/mol. The number of aliphatic hydroxyl groups is 3. The maximum atomic E-state index is 10.8. The molecule has 30 heavy (non-hydrogen) atoms. The van der Waals surface area contributed by atoms with Crippen LogP contribution >= 0.6 is 0 Å². The summed E-state index contributed by atoms with van der Waals surface area (Å²) in [5.41, 5.74) is 0.0509. The number of benzene rings is 1. The minimum Gasteiger partial charge on any atom is -0.481 e. The van der Waals surface area contributed by atoms with Crippen molar-refractivity contribution >= 4 is 17.9 Å². The molecule has 1 aromatic rings. The summed E-state index contributed by atoms with van der Waals surface area (Å²) >= 11 is 0. The van der Waals surface area contributed by atoms with Crippen LogP contribution in [0.25, 0.3) is 0 Å². The summed E-state index contributed by atoms with van der Waals surface area (Å²) in [5.74, 6) is -1.08. The van der Waals surface area contributed by atoms with E-state index < -0.39 is 23.3 Å². The van der Waals surface area contributed by atoms with Gasteiger partial charge in [-0.05, 0) is 30.9 Å². The summed E-state index contributed by atoms with van der Waals surface area (Å²) in [6, 6.07) is 6.53. The van der Waals surface area contributed by atoms with Crippen LogP contribution in [0.3, 0.4) is 0 Å². The first-order valence-corrected chi connectivity index (χ1v) is 10.1. The van der Waals surface area contributed by atoms with Crippen LogP contribution in [0.2, 0.25) is 0 Å². The number of unbranched alkanes of at least 4 members (excludes halogenated alkanes) is 1. The van der Waals surface area contributed by atoms with Gasteiger partial charge in [0.2, 0.25) is 0 Å². The molecule has 0 saturated heterocycles. The number of cyclic esters (lactones) is 2. The van der Waals surface area contributed by atoms with E-state index in [1.54, 1.807) is 24.3 Å². The molecule has 0 amide bonds. The SMILES string of the molecule is CC(C)CCCCC(=O)O.CCC(CO)(CO)CO.O=C1OC(=O)c2ccccc21. The molecule has 2 rings (SSSR count). The second-order valence-electron chi connectivity index (χ2n) is 7.58. The average Bonchev–Trinajstić information content (AvgIpc) is 3.02. The third-order valence-corrected chi connectivity index (χ3v) is 4.73. The first-order valence-electron chi connectivity index (χ1n) is 10.1. The van der Waals surface area contributed by atoms with E-state index in [2.05, 4.69) is 18.6 Å². The van der Waals surface area contributed by atoms with Gasteiger partial charge in [0.15, 0.2) is 0 Å². The maximum absolute atomic E-state index is 10.8. The Labute approximate surface area is 177 Å². The third kappa shape index (κ3) is 9.96. The van der Waals surface area contributed by atoms with Gasteiger partial charge in [0.25, 0.3) is 0 Å². The zero-order valence-electron chi connectivity index (χ0n) is 18.0. The van der Waals surface area contributed by atoms with Gasteiger partial charge in [0, 0.05) is 11.8 Å². The topological polar surface area (TPSA) is 141 Å². The number of carbonyl (C=O) groups excluding carboxylic acids is 2. The number of fused-ring (bicyclic) bond motifs is 1. The van der Waals surface area contributed by atoms with Gasteiger partial charge in [-0.15, -0.1) is 0 Å². The van der Waals surface area contributed by atoms with Gasteiger partial charge in [-0.1, -0.05) is 45.7 Å². The fourth-order valence-electron chi connectivity index (χ4n) is 2.35. The number of esters is 2. The highest BCUT2D eigenvalue weighted by atomic mass is 16.6. The Hall–Kier alpha value is -2.29. The third-order valence-electron chi connectivity index (χ3n) is 4.73. The van der Waals surface area contributed by atoms with Crippen LogP contribution in [0, 0.1) is 11.3 Å². The molecule has 0 spiro atoms. The van der Waals surface area contributed by atoms with E-state index in [1.807, 2.05) is 6.92 Å². The molecule has 0 unspecified atom stereocenters. The van der Waals surface area contributed by atoms with Crippen molar-refractivity contribution in [2.75, 3.05) is 19.8 Å². The summed E-state index contributed by atoms with van der Waals surface area (Å²) in [6.07, 6.45) is 3.94. The van der Waals surface area contributed by atoms with Crippen molar-refractivity contribution in [1.29, 1.82) is 0 Å². The molecule has 4 N–H and O–H groups in total. The lowest BCUT2D eigenvalue weighted by Crippen LogP contribution is -2.32. The molecule has 0 aliphatic carbocycles. The van der Waals surface area contributed by atoms with Gasteiger partial charge >= 0.3 is 17.9 Å². The molecule has 0 bridgehead atoms. The minimum atomic E-state index is -0.677. The van der Waals surface area contributed by atoms with Crippen LogP contribution in [0.5, 0.6) is 0 Å². The Kier molecular flexibility index (Phi) is 13.5. The standard InChI is InChI=1S/C8H4O3.C8H16O2.C6H14O3/c9-7-5-3-1-2-4-6(5)8(10)11-7;1-7(2)5-3-4-6-8(9)10;1-2-6(3-7,4-8)5-9/h1-4H;7H,3-6H2,1-2H3,(H,9,10);7-9H,2-5H2,1H3.